The van der Waals surface area contributed by atoms with Gasteiger partial charge in [-0.15, -0.1) is 6.58 Å². The van der Waals surface area contributed by atoms with Crippen molar-refractivity contribution in [1.82, 2.24) is 10.2 Å². The number of rotatable bonds is 3. The number of piperidine rings is 1. The summed E-state index contributed by atoms with van der Waals surface area (Å²) in [5, 5.41) is 3.09. The molecule has 0 bridgehead atoms. The van der Waals surface area contributed by atoms with E-state index in [2.05, 4.69) is 11.9 Å². The lowest BCUT2D eigenvalue weighted by molar-refractivity contribution is 0.0488. The van der Waals surface area contributed by atoms with E-state index < -0.39 is 22.1 Å². The van der Waals surface area contributed by atoms with Gasteiger partial charge in [-0.25, -0.2) is 12.8 Å². The molecular weight excluding hydrogens is 269 g/mol. The Balaban J connectivity index is 2.06. The first-order valence-corrected chi connectivity index (χ1v) is 8.45. The van der Waals surface area contributed by atoms with E-state index in [1.165, 1.54) is 0 Å². The standard InChI is InChI=1S/C12H22FN3O2S/c1-2-3-10-11(13)12(9(14)8-15-10)16-4-6-19(17,18)7-5-16/h2,9-12,15H,1,3-8,14H2. The predicted molar refractivity (Wildman–Crippen MR) is 73.5 cm³/mol. The van der Waals surface area contributed by atoms with Gasteiger partial charge in [-0.2, -0.15) is 0 Å². The number of alkyl halides is 1. The summed E-state index contributed by atoms with van der Waals surface area (Å²) in [4.78, 5) is 1.90. The quantitative estimate of drug-likeness (QED) is 0.673. The maximum Gasteiger partial charge on any atom is 0.152 e. The van der Waals surface area contributed by atoms with Gasteiger partial charge in [-0.3, -0.25) is 4.90 Å². The SMILES string of the molecule is C=CCC1NCC(N)C(N2CCS(=O)(=O)CC2)C1F. The molecule has 4 atom stereocenters. The van der Waals surface area contributed by atoms with Gasteiger partial charge in [0.2, 0.25) is 0 Å². The van der Waals surface area contributed by atoms with E-state index in [0.29, 0.717) is 26.1 Å². The summed E-state index contributed by atoms with van der Waals surface area (Å²) >= 11 is 0. The summed E-state index contributed by atoms with van der Waals surface area (Å²) < 4.78 is 37.4. The van der Waals surface area contributed by atoms with Gasteiger partial charge >= 0.3 is 0 Å². The van der Waals surface area contributed by atoms with Crippen LogP contribution >= 0.6 is 0 Å². The van der Waals surface area contributed by atoms with Crippen LogP contribution in [0.2, 0.25) is 0 Å². The van der Waals surface area contributed by atoms with Crippen molar-refractivity contribution in [2.75, 3.05) is 31.1 Å². The van der Waals surface area contributed by atoms with Crippen molar-refractivity contribution in [3.63, 3.8) is 0 Å². The highest BCUT2D eigenvalue weighted by molar-refractivity contribution is 7.91. The second-order valence-electron chi connectivity index (χ2n) is 5.33. The van der Waals surface area contributed by atoms with Crippen molar-refractivity contribution in [2.24, 2.45) is 5.73 Å². The number of nitrogens with zero attached hydrogens (tertiary/aromatic N) is 1. The molecule has 4 unspecified atom stereocenters. The number of hydrogen-bond donors (Lipinski definition) is 2. The Morgan fingerprint density at radius 2 is 2.05 bits per heavy atom. The summed E-state index contributed by atoms with van der Waals surface area (Å²) in [6.07, 6.45) is 1.15. The Morgan fingerprint density at radius 1 is 1.42 bits per heavy atom. The smallest absolute Gasteiger partial charge is 0.152 e. The molecule has 2 heterocycles. The second-order valence-corrected chi connectivity index (χ2v) is 7.63. The van der Waals surface area contributed by atoms with Gasteiger partial charge in [0.1, 0.15) is 6.17 Å². The van der Waals surface area contributed by atoms with Gasteiger partial charge in [0.25, 0.3) is 0 Å². The molecule has 2 aliphatic rings. The summed E-state index contributed by atoms with van der Waals surface area (Å²) in [6, 6.07) is -0.987. The largest absolute Gasteiger partial charge is 0.325 e. The highest BCUT2D eigenvalue weighted by Gasteiger charge is 2.42. The molecule has 110 valence electrons. The molecule has 0 aromatic rings. The van der Waals surface area contributed by atoms with Gasteiger partial charge in [-0.1, -0.05) is 6.08 Å². The van der Waals surface area contributed by atoms with E-state index in [-0.39, 0.29) is 23.6 Å². The molecule has 0 aromatic heterocycles. The number of nitrogens with two attached hydrogens (primary N) is 1. The van der Waals surface area contributed by atoms with Crippen LogP contribution in [0.1, 0.15) is 6.42 Å². The number of hydrogen-bond acceptors (Lipinski definition) is 5. The van der Waals surface area contributed by atoms with Crippen LogP contribution < -0.4 is 11.1 Å². The van der Waals surface area contributed by atoms with E-state index in [1.54, 1.807) is 6.08 Å². The molecule has 0 aliphatic carbocycles. The summed E-state index contributed by atoms with van der Waals surface area (Å²) in [6.45, 7) is 4.94. The van der Waals surface area contributed by atoms with Crippen LogP contribution in [-0.2, 0) is 9.84 Å². The van der Waals surface area contributed by atoms with Crippen molar-refractivity contribution in [2.45, 2.75) is 30.7 Å². The van der Waals surface area contributed by atoms with Gasteiger partial charge in [0.05, 0.1) is 17.5 Å². The van der Waals surface area contributed by atoms with E-state index in [1.807, 2.05) is 4.90 Å². The lowest BCUT2D eigenvalue weighted by Crippen LogP contribution is -2.67. The Hall–Kier alpha value is -0.500. The van der Waals surface area contributed by atoms with Crippen LogP contribution in [-0.4, -0.2) is 68.8 Å². The van der Waals surface area contributed by atoms with Crippen molar-refractivity contribution in [1.29, 1.82) is 0 Å². The minimum atomic E-state index is -2.95. The third kappa shape index (κ3) is 3.34. The summed E-state index contributed by atoms with van der Waals surface area (Å²) in [5.41, 5.74) is 6.01. The fraction of sp³-hybridized carbons (Fsp3) is 0.833. The number of nitrogens with one attached hydrogen (secondary N) is 1. The second kappa shape index (κ2) is 5.87. The number of halogens is 1. The average molecular weight is 291 g/mol. The van der Waals surface area contributed by atoms with Crippen molar-refractivity contribution >= 4 is 9.84 Å². The van der Waals surface area contributed by atoms with E-state index in [9.17, 15) is 12.8 Å². The van der Waals surface area contributed by atoms with Crippen LogP contribution in [0, 0.1) is 0 Å². The predicted octanol–water partition coefficient (Wildman–Crippen LogP) is -0.701. The Kier molecular flexibility index (Phi) is 4.60. The lowest BCUT2D eigenvalue weighted by atomic mass is 9.90. The molecule has 2 saturated heterocycles. The zero-order valence-electron chi connectivity index (χ0n) is 11.0. The fourth-order valence-electron chi connectivity index (χ4n) is 2.88. The molecule has 0 radical (unpaired) electrons. The molecule has 2 rings (SSSR count). The molecular formula is C12H22FN3O2S. The zero-order chi connectivity index (χ0) is 14.0. The molecule has 3 N–H and O–H groups in total. The molecule has 0 saturated carbocycles. The minimum Gasteiger partial charge on any atom is -0.325 e. The Morgan fingerprint density at radius 3 is 2.63 bits per heavy atom. The fourth-order valence-corrected chi connectivity index (χ4v) is 4.11. The molecule has 0 aromatic carbocycles. The van der Waals surface area contributed by atoms with Crippen LogP contribution in [0.3, 0.4) is 0 Å². The van der Waals surface area contributed by atoms with Crippen LogP contribution in [0.15, 0.2) is 12.7 Å². The van der Waals surface area contributed by atoms with Gasteiger partial charge in [0.15, 0.2) is 9.84 Å². The molecule has 19 heavy (non-hydrogen) atoms. The van der Waals surface area contributed by atoms with Gasteiger partial charge < -0.3 is 11.1 Å². The first-order valence-electron chi connectivity index (χ1n) is 6.63. The summed E-state index contributed by atoms with van der Waals surface area (Å²) in [7, 11) is -2.95. The highest BCUT2D eigenvalue weighted by atomic mass is 32.2. The molecule has 2 aliphatic heterocycles. The maximum absolute atomic E-state index is 14.5. The molecule has 5 nitrogen and oxygen atoms in total. The molecule has 7 heteroatoms. The number of sulfone groups is 1. The topological polar surface area (TPSA) is 75.4 Å². The molecule has 0 spiro atoms. The van der Waals surface area contributed by atoms with Crippen molar-refractivity contribution in [3.8, 4) is 0 Å². The lowest BCUT2D eigenvalue weighted by Gasteiger charge is -2.45. The highest BCUT2D eigenvalue weighted by Crippen LogP contribution is 2.22. The zero-order valence-corrected chi connectivity index (χ0v) is 11.8. The molecule has 2 fully saturated rings. The van der Waals surface area contributed by atoms with Crippen molar-refractivity contribution in [3.05, 3.63) is 12.7 Å². The first-order chi connectivity index (χ1) is 8.94. The Labute approximate surface area is 113 Å². The summed E-state index contributed by atoms with van der Waals surface area (Å²) in [5.74, 6) is 0.199. The van der Waals surface area contributed by atoms with Crippen molar-refractivity contribution < 1.29 is 12.8 Å². The maximum atomic E-state index is 14.5. The van der Waals surface area contributed by atoms with E-state index in [0.717, 1.165) is 0 Å². The Bertz CT molecular complexity index is 415. The van der Waals surface area contributed by atoms with Gasteiger partial charge in [0, 0.05) is 31.7 Å². The normalized spacial score (nSPS) is 39.9. The van der Waals surface area contributed by atoms with E-state index >= 15 is 0 Å². The van der Waals surface area contributed by atoms with Gasteiger partial charge in [-0.05, 0) is 6.42 Å². The van der Waals surface area contributed by atoms with Crippen LogP contribution in [0.5, 0.6) is 0 Å². The van der Waals surface area contributed by atoms with Crippen LogP contribution in [0.4, 0.5) is 4.39 Å². The monoisotopic (exact) mass is 291 g/mol. The first kappa shape index (κ1) is 14.9. The third-order valence-electron chi connectivity index (χ3n) is 3.99. The average Bonchev–Trinajstić information content (AvgIpc) is 2.35. The van der Waals surface area contributed by atoms with Crippen LogP contribution in [0.25, 0.3) is 0 Å². The van der Waals surface area contributed by atoms with E-state index in [4.69, 9.17) is 5.73 Å². The third-order valence-corrected chi connectivity index (χ3v) is 5.60. The molecule has 0 amide bonds. The minimum absolute atomic E-state index is 0.0997.